The molecule has 118 valence electrons. The molecule has 24 heavy (non-hydrogen) atoms. The van der Waals surface area contributed by atoms with E-state index in [0.717, 1.165) is 27.8 Å². The molecule has 0 heterocycles. The minimum Gasteiger partial charge on any atom is -0.423 e. The largest absolute Gasteiger partial charge is 0.488 e. The normalized spacial score (nSPS) is 18.1. The van der Waals surface area contributed by atoms with E-state index in [1.165, 1.54) is 0 Å². The van der Waals surface area contributed by atoms with Crippen LogP contribution in [0, 0.1) is 0 Å². The van der Waals surface area contributed by atoms with E-state index in [2.05, 4.69) is 0 Å². The quantitative estimate of drug-likeness (QED) is 0.729. The molecule has 0 fully saturated rings. The zero-order valence-electron chi connectivity index (χ0n) is 13.0. The van der Waals surface area contributed by atoms with Crippen molar-refractivity contribution in [3.05, 3.63) is 89.5 Å². The van der Waals surface area contributed by atoms with Gasteiger partial charge in [0.15, 0.2) is 0 Å². The van der Waals surface area contributed by atoms with E-state index >= 15 is 0 Å². The number of hydrogen-bond donors (Lipinski definition) is 2. The van der Waals surface area contributed by atoms with Gasteiger partial charge in [0.2, 0.25) is 0 Å². The third-order valence-corrected chi connectivity index (χ3v) is 4.95. The Bertz CT molecular complexity index is 895. The monoisotopic (exact) mass is 318 g/mol. The molecule has 0 amide bonds. The van der Waals surface area contributed by atoms with Crippen LogP contribution < -0.4 is 5.46 Å². The van der Waals surface area contributed by atoms with Gasteiger partial charge in [0.05, 0.1) is 5.41 Å². The van der Waals surface area contributed by atoms with Crippen LogP contribution >= 0.6 is 0 Å². The number of hydrogen-bond acceptors (Lipinski definition) is 2. The van der Waals surface area contributed by atoms with Gasteiger partial charge < -0.3 is 10.0 Å². The topological polar surface area (TPSA) is 40.5 Å². The van der Waals surface area contributed by atoms with Crippen LogP contribution in [0.15, 0.2) is 72.8 Å². The molecule has 0 saturated heterocycles. The van der Waals surface area contributed by atoms with E-state index in [-0.39, 0.29) is 0 Å². The van der Waals surface area contributed by atoms with Crippen molar-refractivity contribution in [2.75, 3.05) is 6.67 Å². The van der Waals surface area contributed by atoms with Crippen LogP contribution in [-0.4, -0.2) is 23.8 Å². The first kappa shape index (κ1) is 15.1. The van der Waals surface area contributed by atoms with Gasteiger partial charge in [-0.1, -0.05) is 72.8 Å². The Morgan fingerprint density at radius 1 is 0.792 bits per heavy atom. The van der Waals surface area contributed by atoms with Crippen molar-refractivity contribution in [1.82, 2.24) is 0 Å². The van der Waals surface area contributed by atoms with Crippen molar-refractivity contribution >= 4 is 12.6 Å². The number of alkyl halides is 1. The van der Waals surface area contributed by atoms with Crippen molar-refractivity contribution in [3.8, 4) is 11.1 Å². The predicted molar refractivity (Wildman–Crippen MR) is 94.0 cm³/mol. The second-order valence-corrected chi connectivity index (χ2v) is 6.13. The Hall–Kier alpha value is -2.43. The molecular formula is C20H16BFO2. The van der Waals surface area contributed by atoms with Gasteiger partial charge in [0.1, 0.15) is 6.67 Å². The van der Waals surface area contributed by atoms with Gasteiger partial charge in [-0.2, -0.15) is 0 Å². The van der Waals surface area contributed by atoms with Crippen LogP contribution in [0.4, 0.5) is 4.39 Å². The van der Waals surface area contributed by atoms with E-state index in [9.17, 15) is 14.4 Å². The lowest BCUT2D eigenvalue weighted by atomic mass is 9.71. The van der Waals surface area contributed by atoms with E-state index < -0.39 is 19.2 Å². The van der Waals surface area contributed by atoms with E-state index in [0.29, 0.717) is 5.46 Å². The predicted octanol–water partition coefficient (Wildman–Crippen LogP) is 2.65. The number of fused-ring (bicyclic) bond motifs is 3. The molecule has 1 aliphatic carbocycles. The lowest BCUT2D eigenvalue weighted by Crippen LogP contribution is -2.34. The summed E-state index contributed by atoms with van der Waals surface area (Å²) in [4.78, 5) is 0. The Balaban J connectivity index is 2.09. The first-order valence-corrected chi connectivity index (χ1v) is 7.90. The summed E-state index contributed by atoms with van der Waals surface area (Å²) in [5.74, 6) is 0. The summed E-state index contributed by atoms with van der Waals surface area (Å²) in [5.41, 5.74) is 3.95. The third-order valence-electron chi connectivity index (χ3n) is 4.95. The van der Waals surface area contributed by atoms with Gasteiger partial charge in [-0.3, -0.25) is 0 Å². The molecule has 1 atom stereocenters. The molecule has 3 aromatic carbocycles. The Morgan fingerprint density at radius 2 is 1.46 bits per heavy atom. The molecule has 4 rings (SSSR count). The van der Waals surface area contributed by atoms with Gasteiger partial charge in [-0.15, -0.1) is 0 Å². The maximum atomic E-state index is 14.6. The van der Waals surface area contributed by atoms with Gasteiger partial charge >= 0.3 is 7.12 Å². The summed E-state index contributed by atoms with van der Waals surface area (Å²) in [6.07, 6.45) is 0. The van der Waals surface area contributed by atoms with Crippen molar-refractivity contribution < 1.29 is 14.4 Å². The SMILES string of the molecule is OB(O)c1ccc2c(c1)C(CF)(c1ccccc1)c1ccccc1-2. The highest BCUT2D eigenvalue weighted by Crippen LogP contribution is 2.52. The van der Waals surface area contributed by atoms with Crippen LogP contribution in [0.25, 0.3) is 11.1 Å². The minimum absolute atomic E-state index is 0.371. The lowest BCUT2D eigenvalue weighted by Gasteiger charge is -2.30. The molecule has 1 unspecified atom stereocenters. The van der Waals surface area contributed by atoms with Gasteiger partial charge in [0.25, 0.3) is 0 Å². The molecule has 0 saturated carbocycles. The summed E-state index contributed by atoms with van der Waals surface area (Å²) < 4.78 is 14.6. The molecule has 3 aromatic rings. The maximum absolute atomic E-state index is 14.6. The fourth-order valence-electron chi connectivity index (χ4n) is 3.80. The highest BCUT2D eigenvalue weighted by molar-refractivity contribution is 6.58. The van der Waals surface area contributed by atoms with Crippen molar-refractivity contribution in [1.29, 1.82) is 0 Å². The molecule has 0 aromatic heterocycles. The minimum atomic E-state index is -1.58. The highest BCUT2D eigenvalue weighted by Gasteiger charge is 2.45. The maximum Gasteiger partial charge on any atom is 0.488 e. The lowest BCUT2D eigenvalue weighted by molar-refractivity contribution is 0.398. The number of rotatable bonds is 3. The first-order chi connectivity index (χ1) is 11.7. The average molecular weight is 318 g/mol. The third kappa shape index (κ3) is 1.97. The Kier molecular flexibility index (Phi) is 3.52. The van der Waals surface area contributed by atoms with Gasteiger partial charge in [-0.05, 0) is 33.3 Å². The number of halogens is 1. The van der Waals surface area contributed by atoms with E-state index in [4.69, 9.17) is 0 Å². The highest BCUT2D eigenvalue weighted by atomic mass is 19.1. The molecule has 0 spiro atoms. The van der Waals surface area contributed by atoms with Crippen LogP contribution in [0.2, 0.25) is 0 Å². The summed E-state index contributed by atoms with van der Waals surface area (Å²) in [5, 5.41) is 19.1. The fourth-order valence-corrected chi connectivity index (χ4v) is 3.80. The fraction of sp³-hybridized carbons (Fsp3) is 0.100. The van der Waals surface area contributed by atoms with Gasteiger partial charge in [-0.25, -0.2) is 4.39 Å². The molecule has 4 heteroatoms. The number of benzene rings is 3. The molecule has 2 N–H and O–H groups in total. The molecule has 0 bridgehead atoms. The standard InChI is InChI=1S/C20H16BFO2/c22-13-20(14-6-2-1-3-7-14)18-9-5-4-8-16(18)17-11-10-15(21(23)24)12-19(17)20/h1-12,23-24H,13H2. The second kappa shape index (κ2) is 5.58. The van der Waals surface area contributed by atoms with Crippen molar-refractivity contribution in [2.45, 2.75) is 5.41 Å². The Labute approximate surface area is 140 Å². The van der Waals surface area contributed by atoms with Crippen molar-refractivity contribution in [3.63, 3.8) is 0 Å². The van der Waals surface area contributed by atoms with E-state index in [1.807, 2.05) is 60.7 Å². The molecule has 0 aliphatic heterocycles. The smallest absolute Gasteiger partial charge is 0.423 e. The zero-order valence-corrected chi connectivity index (χ0v) is 13.0. The van der Waals surface area contributed by atoms with Crippen LogP contribution in [-0.2, 0) is 5.41 Å². The van der Waals surface area contributed by atoms with Gasteiger partial charge in [0, 0.05) is 0 Å². The average Bonchev–Trinajstić information content (AvgIpc) is 2.92. The molecule has 0 radical (unpaired) electrons. The Morgan fingerprint density at radius 3 is 2.17 bits per heavy atom. The second-order valence-electron chi connectivity index (χ2n) is 6.13. The summed E-state index contributed by atoms with van der Waals surface area (Å²) in [6.45, 7) is -0.591. The zero-order chi connectivity index (χ0) is 16.7. The summed E-state index contributed by atoms with van der Waals surface area (Å²) in [6, 6.07) is 22.6. The molecule has 2 nitrogen and oxygen atoms in total. The molecule has 1 aliphatic rings. The summed E-state index contributed by atoms with van der Waals surface area (Å²) in [7, 11) is -1.58. The van der Waals surface area contributed by atoms with E-state index in [1.54, 1.807) is 12.1 Å². The first-order valence-electron chi connectivity index (χ1n) is 7.90. The van der Waals surface area contributed by atoms with Crippen LogP contribution in [0.1, 0.15) is 16.7 Å². The summed E-state index contributed by atoms with van der Waals surface area (Å²) >= 11 is 0. The molecular weight excluding hydrogens is 302 g/mol. The van der Waals surface area contributed by atoms with Crippen LogP contribution in [0.5, 0.6) is 0 Å². The van der Waals surface area contributed by atoms with Crippen molar-refractivity contribution in [2.24, 2.45) is 0 Å². The van der Waals surface area contributed by atoms with Crippen LogP contribution in [0.3, 0.4) is 0 Å².